The molecule has 0 amide bonds. The molecule has 11 aromatic rings. The van der Waals surface area contributed by atoms with Gasteiger partial charge in [0, 0.05) is 109 Å². The van der Waals surface area contributed by atoms with Gasteiger partial charge in [-0.05, 0) is 144 Å². The lowest BCUT2D eigenvalue weighted by molar-refractivity contribution is 0.477. The number of aromatic amines is 2. The van der Waals surface area contributed by atoms with Crippen LogP contribution in [0, 0.1) is 0 Å². The third-order valence-electron chi connectivity index (χ3n) is 14.6. The lowest BCUT2D eigenvalue weighted by Crippen LogP contribution is -1.92. The molecule has 2 aliphatic rings. The minimum Gasteiger partial charge on any atom is -0.507 e. The van der Waals surface area contributed by atoms with Crippen molar-refractivity contribution in [3.63, 3.8) is 0 Å². The van der Waals surface area contributed by atoms with Gasteiger partial charge in [-0.1, -0.05) is 143 Å². The Labute approximate surface area is 479 Å². The molecule has 0 saturated carbocycles. The predicted octanol–water partition coefficient (Wildman–Crippen LogP) is 19.4. The van der Waals surface area contributed by atoms with Crippen molar-refractivity contribution < 1.29 is 20.4 Å². The van der Waals surface area contributed by atoms with Crippen molar-refractivity contribution in [2.75, 3.05) is 0 Å². The van der Waals surface area contributed by atoms with Crippen molar-refractivity contribution in [3.05, 3.63) is 237 Å². The van der Waals surface area contributed by atoms with Gasteiger partial charge in [-0.15, -0.1) is 0 Å². The van der Waals surface area contributed by atoms with E-state index in [2.05, 4.69) is 9.97 Å². The lowest BCUT2D eigenvalue weighted by atomic mass is 9.97. The van der Waals surface area contributed by atoms with Gasteiger partial charge in [-0.3, -0.25) is 0 Å². The monoisotopic (exact) mass is 1120 g/mol. The smallest absolute Gasteiger partial charge is 0.123 e. The first-order valence-corrected chi connectivity index (χ1v) is 27.0. The number of phenols is 4. The number of fused-ring (bicyclic) bond motifs is 8. The topological polar surface area (TPSA) is 138 Å². The molecular weight excluding hydrogens is 1080 g/mol. The number of aromatic nitrogens is 4. The van der Waals surface area contributed by atoms with Crippen LogP contribution in [0.1, 0.15) is 22.8 Å². The van der Waals surface area contributed by atoms with Crippen LogP contribution in [0.15, 0.2) is 194 Å². The van der Waals surface area contributed by atoms with Crippen molar-refractivity contribution in [2.24, 2.45) is 0 Å². The second kappa shape index (κ2) is 20.5. The molecule has 8 nitrogen and oxygen atoms in total. The minimum absolute atomic E-state index is 0.113. The normalized spacial score (nSPS) is 11.8. The molecule has 0 unspecified atom stereocenters. The number of nitrogens with one attached hydrogen (secondary N) is 2. The molecule has 0 atom stereocenters. The Morgan fingerprint density at radius 2 is 0.487 bits per heavy atom. The number of H-pyrrole nitrogens is 2. The molecule has 6 N–H and O–H groups in total. The van der Waals surface area contributed by atoms with Gasteiger partial charge in [0.2, 0.25) is 0 Å². The van der Waals surface area contributed by atoms with Gasteiger partial charge in [0.1, 0.15) is 23.0 Å². The predicted molar refractivity (Wildman–Crippen MR) is 329 cm³/mol. The zero-order chi connectivity index (χ0) is 54.8. The second-order valence-electron chi connectivity index (χ2n) is 19.3. The van der Waals surface area contributed by atoms with Crippen LogP contribution in [-0.2, 0) is 0 Å². The van der Waals surface area contributed by atoms with Gasteiger partial charge < -0.3 is 30.4 Å². The third kappa shape index (κ3) is 9.04. The molecule has 3 aromatic heterocycles. The summed E-state index contributed by atoms with van der Waals surface area (Å²) in [6.07, 6.45) is 7.78. The number of para-hydroxylation sites is 4. The van der Waals surface area contributed by atoms with Gasteiger partial charge in [0.15, 0.2) is 0 Å². The summed E-state index contributed by atoms with van der Waals surface area (Å²) in [4.78, 5) is 18.5. The summed E-state index contributed by atoms with van der Waals surface area (Å²) < 4.78 is 0. The first kappa shape index (κ1) is 50.2. The van der Waals surface area contributed by atoms with Gasteiger partial charge in [-0.2, -0.15) is 0 Å². The van der Waals surface area contributed by atoms with E-state index >= 15 is 0 Å². The summed E-state index contributed by atoms with van der Waals surface area (Å²) in [5.74, 6) is 0.451. The standard InChI is InChI=1S/C68H42Cl4N4O4/c69-49-21-17-37(41-9-1-5-13-61(41)77)33-45(49)65-53-25-27-55(73-53)66(46-34-38(18-22-50(46)70)42-10-2-6-14-62(42)78)57-29-31-59(75-57)68(48-36-40(20-24-52(48)72)44-12-4-8-16-64(44)80)60-32-30-58(76-60)67(56-28-26-54(65)74-56)47-35-39(19-23-51(47)71)43-11-3-7-15-63(43)79/h1-36,73,76-80H. The van der Waals surface area contributed by atoms with E-state index in [0.29, 0.717) is 132 Å². The summed E-state index contributed by atoms with van der Waals surface area (Å²) >= 11 is 29.3. The van der Waals surface area contributed by atoms with Crippen LogP contribution in [0.4, 0.5) is 0 Å². The maximum absolute atomic E-state index is 11.1. The zero-order valence-electron chi connectivity index (χ0n) is 42.0. The minimum atomic E-state index is 0.113. The van der Waals surface area contributed by atoms with Crippen molar-refractivity contribution in [1.82, 2.24) is 19.9 Å². The van der Waals surface area contributed by atoms with Crippen LogP contribution in [0.25, 0.3) is 135 Å². The van der Waals surface area contributed by atoms with Crippen LogP contribution in [0.3, 0.4) is 0 Å². The van der Waals surface area contributed by atoms with Gasteiger partial charge >= 0.3 is 0 Å². The van der Waals surface area contributed by atoms with Crippen molar-refractivity contribution in [3.8, 4) is 112 Å². The van der Waals surface area contributed by atoms with Crippen LogP contribution in [-0.4, -0.2) is 40.4 Å². The number of hydrogen-bond acceptors (Lipinski definition) is 6. The molecule has 2 aliphatic heterocycles. The summed E-state index contributed by atoms with van der Waals surface area (Å²) in [6.45, 7) is 0. The van der Waals surface area contributed by atoms with E-state index < -0.39 is 0 Å². The van der Waals surface area contributed by atoms with Gasteiger partial charge in [-0.25, -0.2) is 9.97 Å². The highest BCUT2D eigenvalue weighted by Gasteiger charge is 2.24. The summed E-state index contributed by atoms with van der Waals surface area (Å²) in [5.41, 5.74) is 15.3. The average molecular weight is 1120 g/mol. The molecule has 12 heteroatoms. The Balaban J connectivity index is 1.19. The number of hydrogen-bond donors (Lipinski definition) is 6. The van der Waals surface area contributed by atoms with Crippen molar-refractivity contribution in [2.45, 2.75) is 0 Å². The highest BCUT2D eigenvalue weighted by Crippen LogP contribution is 2.47. The number of phenolic OH excluding ortho intramolecular Hbond substituents is 4. The Bertz CT molecular complexity index is 4050. The van der Waals surface area contributed by atoms with Crippen LogP contribution in [0.2, 0.25) is 20.1 Å². The number of aromatic hydroxyl groups is 4. The average Bonchev–Trinajstić information content (AvgIpc) is 4.39. The fourth-order valence-corrected chi connectivity index (χ4v) is 11.6. The molecule has 386 valence electrons. The Morgan fingerprint density at radius 3 is 0.713 bits per heavy atom. The molecule has 0 aliphatic carbocycles. The van der Waals surface area contributed by atoms with Gasteiger partial charge in [0.25, 0.3) is 0 Å². The summed E-state index contributed by atoms with van der Waals surface area (Å²) in [5, 5.41) is 46.3. The number of rotatable bonds is 8. The lowest BCUT2D eigenvalue weighted by Gasteiger charge is -2.13. The van der Waals surface area contributed by atoms with Crippen LogP contribution < -0.4 is 0 Å². The van der Waals surface area contributed by atoms with E-state index in [1.54, 1.807) is 48.5 Å². The molecule has 5 heterocycles. The number of nitrogens with zero attached hydrogens (tertiary/aromatic N) is 2. The maximum atomic E-state index is 11.1. The van der Waals surface area contributed by atoms with Crippen LogP contribution in [0.5, 0.6) is 23.0 Å². The van der Waals surface area contributed by atoms with E-state index in [1.807, 2.05) is 170 Å². The molecule has 8 aromatic carbocycles. The molecule has 0 radical (unpaired) electrons. The van der Waals surface area contributed by atoms with E-state index in [-0.39, 0.29) is 23.0 Å². The Hall–Kier alpha value is -9.28. The highest BCUT2D eigenvalue weighted by molar-refractivity contribution is 6.35. The van der Waals surface area contributed by atoms with E-state index in [1.165, 1.54) is 0 Å². The van der Waals surface area contributed by atoms with E-state index in [9.17, 15) is 20.4 Å². The van der Waals surface area contributed by atoms with Crippen LogP contribution >= 0.6 is 46.4 Å². The molecule has 0 fully saturated rings. The van der Waals surface area contributed by atoms with Crippen molar-refractivity contribution in [1.29, 1.82) is 0 Å². The van der Waals surface area contributed by atoms with E-state index in [4.69, 9.17) is 56.4 Å². The first-order valence-electron chi connectivity index (χ1n) is 25.4. The van der Waals surface area contributed by atoms with E-state index in [0.717, 1.165) is 22.3 Å². The fourth-order valence-electron chi connectivity index (χ4n) is 10.7. The first-order chi connectivity index (χ1) is 38.9. The maximum Gasteiger partial charge on any atom is 0.123 e. The third-order valence-corrected chi connectivity index (χ3v) is 15.9. The number of benzene rings is 8. The number of halogens is 4. The highest BCUT2D eigenvalue weighted by atomic mass is 35.5. The SMILES string of the molecule is Oc1ccccc1-c1ccc(Cl)c(-c2c3nc(c(-c4cc(-c5ccccc5O)ccc4Cl)c4ccc([nH]4)c(-c4cc(-c5ccccc5O)ccc4Cl)c4nc(c(-c5cc(-c6ccccc6O)ccc5Cl)c5ccc2[nH]5)C=C4)C=C3)c1. The molecular formula is C68H42Cl4N4O4. The summed E-state index contributed by atoms with van der Waals surface area (Å²) in [6, 6.07) is 59.1. The van der Waals surface area contributed by atoms with Gasteiger partial charge in [0.05, 0.1) is 22.8 Å². The molecule has 0 spiro atoms. The van der Waals surface area contributed by atoms with Crippen molar-refractivity contribution >= 4 is 92.8 Å². The second-order valence-corrected chi connectivity index (χ2v) is 21.0. The summed E-state index contributed by atoms with van der Waals surface area (Å²) in [7, 11) is 0. The molecule has 80 heavy (non-hydrogen) atoms. The molecule has 8 bridgehead atoms. The largest absolute Gasteiger partial charge is 0.507 e. The quantitative estimate of drug-likeness (QED) is 0.0896. The molecule has 0 saturated heterocycles. The Morgan fingerprint density at radius 1 is 0.263 bits per heavy atom. The molecule has 13 rings (SSSR count). The fraction of sp³-hybridized carbons (Fsp3) is 0. The Kier molecular flexibility index (Phi) is 12.9. The zero-order valence-corrected chi connectivity index (χ0v) is 45.0.